The van der Waals surface area contributed by atoms with Crippen molar-refractivity contribution in [3.05, 3.63) is 24.3 Å². The molecule has 0 bridgehead atoms. The summed E-state index contributed by atoms with van der Waals surface area (Å²) in [5, 5.41) is 20.7. The van der Waals surface area contributed by atoms with Crippen LogP contribution in [0.4, 0.5) is 5.69 Å². The van der Waals surface area contributed by atoms with Crippen LogP contribution in [-0.2, 0) is 0 Å². The van der Waals surface area contributed by atoms with Gasteiger partial charge in [0.05, 0.1) is 12.3 Å². The Hall–Kier alpha value is -2.53. The highest BCUT2D eigenvalue weighted by molar-refractivity contribution is 6.10. The van der Waals surface area contributed by atoms with E-state index < -0.39 is 0 Å². The van der Waals surface area contributed by atoms with Gasteiger partial charge in [-0.15, -0.1) is 0 Å². The van der Waals surface area contributed by atoms with E-state index in [1.807, 2.05) is 12.1 Å². The molecule has 0 fully saturated rings. The largest absolute Gasteiger partial charge is 0.493 e. The average Bonchev–Trinajstić information content (AvgIpc) is 2.38. The maximum absolute atomic E-state index is 8.53. The molecule has 0 aliphatic heterocycles. The minimum atomic E-state index is -0.215. The zero-order chi connectivity index (χ0) is 14.3. The Morgan fingerprint density at radius 2 is 1.79 bits per heavy atom. The summed E-state index contributed by atoms with van der Waals surface area (Å²) >= 11 is 0. The van der Waals surface area contributed by atoms with Crippen LogP contribution in [0.3, 0.4) is 0 Å². The standard InChI is InChI=1S/C14H16N4O/c1-14(2,3)10-19-13-6-4-11(5-7-13)17-18-12(8-15)9-16/h4-7,17H,10H2,1-3H3. The second-order valence-corrected chi connectivity index (χ2v) is 5.17. The summed E-state index contributed by atoms with van der Waals surface area (Å²) in [6, 6.07) is 10.5. The third-order valence-electron chi connectivity index (χ3n) is 2.03. The van der Waals surface area contributed by atoms with Crippen molar-refractivity contribution in [1.29, 1.82) is 10.5 Å². The Kier molecular flexibility index (Phi) is 4.91. The SMILES string of the molecule is CC(C)(C)COc1ccc(NN=C(C#N)C#N)cc1. The Labute approximate surface area is 113 Å². The molecule has 98 valence electrons. The average molecular weight is 256 g/mol. The van der Waals surface area contributed by atoms with Crippen molar-refractivity contribution in [2.75, 3.05) is 12.0 Å². The molecule has 0 spiro atoms. The summed E-state index contributed by atoms with van der Waals surface area (Å²) in [5.74, 6) is 0.769. The molecule has 5 nitrogen and oxygen atoms in total. The number of nitrogens with zero attached hydrogens (tertiary/aromatic N) is 3. The van der Waals surface area contributed by atoms with Crippen molar-refractivity contribution < 1.29 is 4.74 Å². The van der Waals surface area contributed by atoms with Gasteiger partial charge < -0.3 is 4.74 Å². The van der Waals surface area contributed by atoms with E-state index in [0.717, 1.165) is 5.75 Å². The van der Waals surface area contributed by atoms with E-state index in [1.54, 1.807) is 24.3 Å². The van der Waals surface area contributed by atoms with Gasteiger partial charge >= 0.3 is 0 Å². The van der Waals surface area contributed by atoms with Gasteiger partial charge in [0.15, 0.2) is 0 Å². The van der Waals surface area contributed by atoms with Crippen molar-refractivity contribution in [2.24, 2.45) is 10.5 Å². The minimum absolute atomic E-state index is 0.107. The molecule has 1 N–H and O–H groups in total. The van der Waals surface area contributed by atoms with Crippen LogP contribution in [0.1, 0.15) is 20.8 Å². The van der Waals surface area contributed by atoms with Crippen LogP contribution >= 0.6 is 0 Å². The Balaban J connectivity index is 2.61. The van der Waals surface area contributed by atoms with Gasteiger partial charge in [-0.3, -0.25) is 5.43 Å². The van der Waals surface area contributed by atoms with Crippen LogP contribution in [0.25, 0.3) is 0 Å². The lowest BCUT2D eigenvalue weighted by atomic mass is 9.99. The summed E-state index contributed by atoms with van der Waals surface area (Å²) in [6.07, 6.45) is 0. The molecule has 0 amide bonds. The van der Waals surface area contributed by atoms with Crippen LogP contribution in [0.2, 0.25) is 0 Å². The molecule has 1 aromatic rings. The molecular weight excluding hydrogens is 240 g/mol. The van der Waals surface area contributed by atoms with E-state index in [9.17, 15) is 0 Å². The van der Waals surface area contributed by atoms with E-state index in [-0.39, 0.29) is 11.1 Å². The van der Waals surface area contributed by atoms with Gasteiger partial charge in [-0.2, -0.15) is 15.6 Å². The number of hydrogen-bond acceptors (Lipinski definition) is 5. The Bertz CT molecular complexity index is 511. The lowest BCUT2D eigenvalue weighted by Gasteiger charge is -2.18. The molecule has 0 saturated carbocycles. The number of hydrazone groups is 1. The number of rotatable bonds is 4. The summed E-state index contributed by atoms with van der Waals surface area (Å²) in [6.45, 7) is 6.93. The lowest BCUT2D eigenvalue weighted by Crippen LogP contribution is -2.16. The molecule has 19 heavy (non-hydrogen) atoms. The van der Waals surface area contributed by atoms with Crippen LogP contribution in [0.15, 0.2) is 29.4 Å². The molecular formula is C14H16N4O. The van der Waals surface area contributed by atoms with Crippen LogP contribution < -0.4 is 10.2 Å². The topological polar surface area (TPSA) is 81.2 Å². The van der Waals surface area contributed by atoms with Gasteiger partial charge in [0.25, 0.3) is 0 Å². The molecule has 1 aromatic carbocycles. The van der Waals surface area contributed by atoms with Gasteiger partial charge in [0.2, 0.25) is 5.71 Å². The quantitative estimate of drug-likeness (QED) is 0.663. The van der Waals surface area contributed by atoms with Crippen molar-refractivity contribution in [3.8, 4) is 17.9 Å². The zero-order valence-electron chi connectivity index (χ0n) is 11.3. The summed E-state index contributed by atoms with van der Waals surface area (Å²) < 4.78 is 5.63. The minimum Gasteiger partial charge on any atom is -0.493 e. The lowest BCUT2D eigenvalue weighted by molar-refractivity contribution is 0.198. The normalized spacial score (nSPS) is 9.95. The number of nitriles is 2. The summed E-state index contributed by atoms with van der Waals surface area (Å²) in [7, 11) is 0. The zero-order valence-corrected chi connectivity index (χ0v) is 11.3. The first-order valence-corrected chi connectivity index (χ1v) is 5.81. The van der Waals surface area contributed by atoms with E-state index >= 15 is 0 Å². The monoisotopic (exact) mass is 256 g/mol. The Morgan fingerprint density at radius 3 is 2.26 bits per heavy atom. The number of hydrogen-bond donors (Lipinski definition) is 1. The summed E-state index contributed by atoms with van der Waals surface area (Å²) in [4.78, 5) is 0. The maximum atomic E-state index is 8.53. The van der Waals surface area contributed by atoms with E-state index in [4.69, 9.17) is 15.3 Å². The van der Waals surface area contributed by atoms with E-state index in [1.165, 1.54) is 0 Å². The molecule has 5 heteroatoms. The highest BCUT2D eigenvalue weighted by atomic mass is 16.5. The van der Waals surface area contributed by atoms with Crippen molar-refractivity contribution in [1.82, 2.24) is 0 Å². The number of anilines is 1. The maximum Gasteiger partial charge on any atom is 0.237 e. The number of nitrogens with one attached hydrogen (secondary N) is 1. The highest BCUT2D eigenvalue weighted by Crippen LogP contribution is 2.19. The molecule has 0 aliphatic carbocycles. The smallest absolute Gasteiger partial charge is 0.237 e. The molecule has 1 rings (SSSR count). The molecule has 0 aromatic heterocycles. The first-order chi connectivity index (χ1) is 8.94. The molecule has 0 aliphatic rings. The van der Waals surface area contributed by atoms with Crippen LogP contribution in [0.5, 0.6) is 5.75 Å². The predicted octanol–water partition coefficient (Wildman–Crippen LogP) is 2.93. The van der Waals surface area contributed by atoms with Gasteiger partial charge in [-0.25, -0.2) is 0 Å². The molecule has 0 heterocycles. The van der Waals surface area contributed by atoms with Crippen molar-refractivity contribution in [3.63, 3.8) is 0 Å². The van der Waals surface area contributed by atoms with Gasteiger partial charge in [0, 0.05) is 0 Å². The fraction of sp³-hybridized carbons (Fsp3) is 0.357. The molecule has 0 atom stereocenters. The van der Waals surface area contributed by atoms with E-state index in [2.05, 4.69) is 31.3 Å². The predicted molar refractivity (Wildman–Crippen MR) is 73.7 cm³/mol. The van der Waals surface area contributed by atoms with E-state index in [0.29, 0.717) is 12.3 Å². The molecule has 0 saturated heterocycles. The Morgan fingerprint density at radius 1 is 1.21 bits per heavy atom. The second kappa shape index (κ2) is 6.42. The van der Waals surface area contributed by atoms with Crippen molar-refractivity contribution >= 4 is 11.4 Å². The fourth-order valence-electron chi connectivity index (χ4n) is 1.12. The van der Waals surface area contributed by atoms with Gasteiger partial charge in [-0.1, -0.05) is 20.8 Å². The summed E-state index contributed by atoms with van der Waals surface area (Å²) in [5.41, 5.74) is 3.21. The van der Waals surface area contributed by atoms with Crippen LogP contribution in [-0.4, -0.2) is 12.3 Å². The second-order valence-electron chi connectivity index (χ2n) is 5.17. The van der Waals surface area contributed by atoms with Gasteiger partial charge in [-0.05, 0) is 29.7 Å². The first-order valence-electron chi connectivity index (χ1n) is 5.81. The number of benzene rings is 1. The van der Waals surface area contributed by atoms with Gasteiger partial charge in [0.1, 0.15) is 17.9 Å². The molecule has 0 unspecified atom stereocenters. The molecule has 0 radical (unpaired) electrons. The third-order valence-corrected chi connectivity index (χ3v) is 2.03. The van der Waals surface area contributed by atoms with Crippen LogP contribution in [0, 0.1) is 28.1 Å². The van der Waals surface area contributed by atoms with Crippen molar-refractivity contribution in [2.45, 2.75) is 20.8 Å². The number of ether oxygens (including phenoxy) is 1. The fourth-order valence-corrected chi connectivity index (χ4v) is 1.12. The highest BCUT2D eigenvalue weighted by Gasteiger charge is 2.10. The first kappa shape index (κ1) is 14.5. The third kappa shape index (κ3) is 5.56.